The van der Waals surface area contributed by atoms with E-state index in [-0.39, 0.29) is 36.2 Å². The van der Waals surface area contributed by atoms with E-state index < -0.39 is 5.97 Å². The summed E-state index contributed by atoms with van der Waals surface area (Å²) in [5.74, 6) is -0.501. The monoisotopic (exact) mass is 289 g/mol. The number of carbonyl (C=O) groups is 2. The van der Waals surface area contributed by atoms with Crippen LogP contribution in [0.25, 0.3) is 0 Å². The average Bonchev–Trinajstić information content (AvgIpc) is 3.18. The number of amides is 1. The maximum Gasteiger partial charge on any atom is 0.305 e. The highest BCUT2D eigenvalue weighted by atomic mass is 16.4. The van der Waals surface area contributed by atoms with Gasteiger partial charge >= 0.3 is 5.97 Å². The Morgan fingerprint density at radius 1 is 1.24 bits per heavy atom. The van der Waals surface area contributed by atoms with E-state index in [0.717, 1.165) is 6.42 Å². The third kappa shape index (κ3) is 3.84. The summed E-state index contributed by atoms with van der Waals surface area (Å²) in [6.07, 6.45) is 0.855. The molecule has 2 unspecified atom stereocenters. The largest absolute Gasteiger partial charge is 0.481 e. The molecule has 0 bridgehead atoms. The van der Waals surface area contributed by atoms with Gasteiger partial charge in [-0.15, -0.1) is 0 Å². The number of aliphatic carboxylic acids is 1. The van der Waals surface area contributed by atoms with Crippen molar-refractivity contribution in [3.63, 3.8) is 0 Å². The van der Waals surface area contributed by atoms with Crippen molar-refractivity contribution in [1.82, 2.24) is 4.90 Å². The first-order valence-corrected chi connectivity index (χ1v) is 7.39. The summed E-state index contributed by atoms with van der Waals surface area (Å²) >= 11 is 0. The summed E-state index contributed by atoms with van der Waals surface area (Å²) in [6, 6.07) is 10.0. The van der Waals surface area contributed by atoms with Crippen molar-refractivity contribution in [2.24, 2.45) is 5.92 Å². The van der Waals surface area contributed by atoms with Crippen molar-refractivity contribution in [3.05, 3.63) is 35.9 Å². The number of carbonyl (C=O) groups excluding carboxylic acids is 1. The van der Waals surface area contributed by atoms with E-state index in [0.29, 0.717) is 0 Å². The number of benzene rings is 1. The van der Waals surface area contributed by atoms with Crippen LogP contribution < -0.4 is 0 Å². The molecule has 1 amide bonds. The lowest BCUT2D eigenvalue weighted by molar-refractivity contribution is -0.141. The van der Waals surface area contributed by atoms with Gasteiger partial charge in [0.05, 0.1) is 6.42 Å². The second-order valence-electron chi connectivity index (χ2n) is 6.66. The average molecular weight is 289 g/mol. The molecule has 1 N–H and O–H groups in total. The van der Waals surface area contributed by atoms with Gasteiger partial charge in [-0.2, -0.15) is 0 Å². The van der Waals surface area contributed by atoms with Crippen molar-refractivity contribution in [1.29, 1.82) is 0 Å². The van der Waals surface area contributed by atoms with E-state index in [4.69, 9.17) is 5.11 Å². The molecule has 4 nitrogen and oxygen atoms in total. The minimum absolute atomic E-state index is 0.000389. The molecule has 4 heteroatoms. The van der Waals surface area contributed by atoms with Gasteiger partial charge in [0.25, 0.3) is 0 Å². The summed E-state index contributed by atoms with van der Waals surface area (Å²) in [5, 5.41) is 8.86. The molecule has 1 saturated carbocycles. The first kappa shape index (κ1) is 15.5. The molecular formula is C17H23NO3. The van der Waals surface area contributed by atoms with Gasteiger partial charge in [-0.05, 0) is 38.7 Å². The number of hydrogen-bond acceptors (Lipinski definition) is 2. The highest BCUT2D eigenvalue weighted by molar-refractivity contribution is 5.84. The Labute approximate surface area is 125 Å². The molecule has 1 aromatic rings. The SMILES string of the molecule is CC(C)(C)N(CCC(=O)O)C(=O)C1CC1c1ccccc1. The highest BCUT2D eigenvalue weighted by Gasteiger charge is 2.47. The lowest BCUT2D eigenvalue weighted by atomic mass is 10.0. The van der Waals surface area contributed by atoms with Gasteiger partial charge in [0.2, 0.25) is 5.91 Å². The molecule has 2 atom stereocenters. The molecule has 0 saturated heterocycles. The van der Waals surface area contributed by atoms with E-state index in [2.05, 4.69) is 12.1 Å². The van der Waals surface area contributed by atoms with E-state index in [9.17, 15) is 9.59 Å². The lowest BCUT2D eigenvalue weighted by Gasteiger charge is -2.35. The molecule has 0 aliphatic heterocycles. The number of carboxylic acids is 1. The van der Waals surface area contributed by atoms with Crippen LogP contribution in [0.2, 0.25) is 0 Å². The maximum atomic E-state index is 12.7. The number of nitrogens with zero attached hydrogens (tertiary/aromatic N) is 1. The Kier molecular flexibility index (Phi) is 4.35. The summed E-state index contributed by atoms with van der Waals surface area (Å²) in [6.45, 7) is 6.13. The molecule has 0 radical (unpaired) electrons. The first-order valence-electron chi connectivity index (χ1n) is 7.39. The van der Waals surface area contributed by atoms with E-state index >= 15 is 0 Å². The predicted molar refractivity (Wildman–Crippen MR) is 81.0 cm³/mol. The Morgan fingerprint density at radius 3 is 2.38 bits per heavy atom. The number of rotatable bonds is 5. The molecule has 0 heterocycles. The van der Waals surface area contributed by atoms with Gasteiger partial charge in [0.15, 0.2) is 0 Å². The zero-order valence-corrected chi connectivity index (χ0v) is 12.9. The smallest absolute Gasteiger partial charge is 0.305 e. The van der Waals surface area contributed by atoms with Crippen LogP contribution in [0.5, 0.6) is 0 Å². The molecule has 1 aromatic carbocycles. The van der Waals surface area contributed by atoms with Gasteiger partial charge in [0.1, 0.15) is 0 Å². The predicted octanol–water partition coefficient (Wildman–Crippen LogP) is 2.89. The molecule has 114 valence electrons. The van der Waals surface area contributed by atoms with Crippen molar-refractivity contribution in [3.8, 4) is 0 Å². The van der Waals surface area contributed by atoms with Gasteiger partial charge in [-0.1, -0.05) is 30.3 Å². The van der Waals surface area contributed by atoms with Crippen LogP contribution in [0, 0.1) is 5.92 Å². The molecule has 21 heavy (non-hydrogen) atoms. The Balaban J connectivity index is 2.05. The van der Waals surface area contributed by atoms with Gasteiger partial charge in [-0.3, -0.25) is 9.59 Å². The fourth-order valence-electron chi connectivity index (χ4n) is 2.72. The van der Waals surface area contributed by atoms with Gasteiger partial charge in [-0.25, -0.2) is 0 Å². The molecule has 2 rings (SSSR count). The minimum Gasteiger partial charge on any atom is -0.481 e. The molecule has 1 fully saturated rings. The second-order valence-corrected chi connectivity index (χ2v) is 6.66. The Hall–Kier alpha value is -1.84. The minimum atomic E-state index is -0.868. The normalized spacial score (nSPS) is 20.9. The van der Waals surface area contributed by atoms with Crippen molar-refractivity contribution >= 4 is 11.9 Å². The highest BCUT2D eigenvalue weighted by Crippen LogP contribution is 2.49. The summed E-state index contributed by atoms with van der Waals surface area (Å²) < 4.78 is 0. The van der Waals surface area contributed by atoms with Crippen LogP contribution in [0.3, 0.4) is 0 Å². The third-order valence-corrected chi connectivity index (χ3v) is 3.96. The fraction of sp³-hybridized carbons (Fsp3) is 0.529. The number of hydrogen-bond donors (Lipinski definition) is 1. The molecular weight excluding hydrogens is 266 g/mol. The van der Waals surface area contributed by atoms with Crippen molar-refractivity contribution < 1.29 is 14.7 Å². The number of carboxylic acid groups (broad SMARTS) is 1. The van der Waals surface area contributed by atoms with E-state index in [1.807, 2.05) is 39.0 Å². The van der Waals surface area contributed by atoms with Crippen LogP contribution in [0.4, 0.5) is 0 Å². The lowest BCUT2D eigenvalue weighted by Crippen LogP contribution is -2.47. The molecule has 0 aromatic heterocycles. The molecule has 1 aliphatic rings. The zero-order chi connectivity index (χ0) is 15.6. The van der Waals surface area contributed by atoms with Crippen LogP contribution in [-0.2, 0) is 9.59 Å². The van der Waals surface area contributed by atoms with Crippen LogP contribution in [0.15, 0.2) is 30.3 Å². The van der Waals surface area contributed by atoms with Crippen LogP contribution in [-0.4, -0.2) is 34.0 Å². The van der Waals surface area contributed by atoms with Gasteiger partial charge in [0, 0.05) is 18.0 Å². The molecule has 0 spiro atoms. The van der Waals surface area contributed by atoms with Crippen LogP contribution in [0.1, 0.15) is 45.1 Å². The topological polar surface area (TPSA) is 57.6 Å². The summed E-state index contributed by atoms with van der Waals surface area (Å²) in [4.78, 5) is 25.2. The third-order valence-electron chi connectivity index (χ3n) is 3.96. The maximum absolute atomic E-state index is 12.7. The van der Waals surface area contributed by atoms with E-state index in [1.165, 1.54) is 5.56 Å². The summed E-state index contributed by atoms with van der Waals surface area (Å²) in [7, 11) is 0. The van der Waals surface area contributed by atoms with Crippen LogP contribution >= 0.6 is 0 Å². The second kappa shape index (κ2) is 5.88. The quantitative estimate of drug-likeness (QED) is 0.906. The van der Waals surface area contributed by atoms with Crippen molar-refractivity contribution in [2.75, 3.05) is 6.54 Å². The zero-order valence-electron chi connectivity index (χ0n) is 12.9. The standard InChI is InChI=1S/C17H23NO3/c1-17(2,3)18(10-9-15(19)20)16(21)14-11-13(14)12-7-5-4-6-8-12/h4-8,13-14H,9-11H2,1-3H3,(H,19,20). The van der Waals surface area contributed by atoms with Gasteiger partial charge < -0.3 is 10.0 Å². The summed E-state index contributed by atoms with van der Waals surface area (Å²) in [5.41, 5.74) is 0.846. The van der Waals surface area contributed by atoms with Crippen molar-refractivity contribution in [2.45, 2.75) is 45.1 Å². The van der Waals surface area contributed by atoms with E-state index in [1.54, 1.807) is 4.90 Å². The first-order chi connectivity index (χ1) is 9.80. The Morgan fingerprint density at radius 2 is 1.86 bits per heavy atom. The Bertz CT molecular complexity index is 519. The fourth-order valence-corrected chi connectivity index (χ4v) is 2.72. The molecule has 1 aliphatic carbocycles.